The number of benzene rings is 1. The molecular formula is C12H17N3O2. The van der Waals surface area contributed by atoms with E-state index < -0.39 is 0 Å². The van der Waals surface area contributed by atoms with E-state index in [0.717, 1.165) is 5.69 Å². The van der Waals surface area contributed by atoms with Crippen molar-refractivity contribution in [1.29, 1.82) is 0 Å². The van der Waals surface area contributed by atoms with Crippen LogP contribution in [0.15, 0.2) is 30.3 Å². The van der Waals surface area contributed by atoms with Crippen LogP contribution < -0.4 is 15.5 Å². The van der Waals surface area contributed by atoms with Crippen LogP contribution in [-0.4, -0.2) is 39.0 Å². The van der Waals surface area contributed by atoms with E-state index in [-0.39, 0.29) is 24.9 Å². The largest absolute Gasteiger partial charge is 0.358 e. The Labute approximate surface area is 101 Å². The monoisotopic (exact) mass is 235 g/mol. The number of hydrogen-bond donors (Lipinski definition) is 2. The molecule has 0 fully saturated rings. The molecule has 1 aromatic carbocycles. The standard InChI is InChI=1S/C12H17N3O2/c1-13-11(16)8-14-9-12(17)15(2)10-6-4-3-5-7-10/h3-7,14H,8-9H2,1-2H3,(H,13,16). The maximum absolute atomic E-state index is 11.7. The fourth-order valence-corrected chi connectivity index (χ4v) is 1.29. The first kappa shape index (κ1) is 13.2. The van der Waals surface area contributed by atoms with Crippen molar-refractivity contribution in [3.05, 3.63) is 30.3 Å². The summed E-state index contributed by atoms with van der Waals surface area (Å²) >= 11 is 0. The Kier molecular flexibility index (Phi) is 5.16. The lowest BCUT2D eigenvalue weighted by atomic mass is 10.3. The Morgan fingerprint density at radius 1 is 1.18 bits per heavy atom. The highest BCUT2D eigenvalue weighted by Gasteiger charge is 2.10. The van der Waals surface area contributed by atoms with Crippen molar-refractivity contribution in [1.82, 2.24) is 10.6 Å². The zero-order valence-electron chi connectivity index (χ0n) is 10.1. The highest BCUT2D eigenvalue weighted by molar-refractivity contribution is 5.94. The highest BCUT2D eigenvalue weighted by atomic mass is 16.2. The minimum Gasteiger partial charge on any atom is -0.358 e. The summed E-state index contributed by atoms with van der Waals surface area (Å²) in [6.07, 6.45) is 0. The van der Waals surface area contributed by atoms with E-state index in [0.29, 0.717) is 0 Å². The van der Waals surface area contributed by atoms with Crippen molar-refractivity contribution < 1.29 is 9.59 Å². The molecule has 0 atom stereocenters. The molecule has 0 aliphatic carbocycles. The predicted octanol–water partition coefficient (Wildman–Crippen LogP) is -0.0150. The van der Waals surface area contributed by atoms with Gasteiger partial charge in [-0.25, -0.2) is 0 Å². The van der Waals surface area contributed by atoms with Crippen molar-refractivity contribution >= 4 is 17.5 Å². The molecule has 0 aliphatic rings. The summed E-state index contributed by atoms with van der Waals surface area (Å²) in [5, 5.41) is 5.26. The van der Waals surface area contributed by atoms with Crippen LogP contribution in [0.25, 0.3) is 0 Å². The third-order valence-electron chi connectivity index (χ3n) is 2.36. The summed E-state index contributed by atoms with van der Waals surface area (Å²) in [5.74, 6) is -0.222. The van der Waals surface area contributed by atoms with Gasteiger partial charge in [0.15, 0.2) is 0 Å². The van der Waals surface area contributed by atoms with Gasteiger partial charge in [-0.15, -0.1) is 0 Å². The molecule has 1 aromatic rings. The molecule has 17 heavy (non-hydrogen) atoms. The molecule has 0 heterocycles. The van der Waals surface area contributed by atoms with Gasteiger partial charge < -0.3 is 10.2 Å². The SMILES string of the molecule is CNC(=O)CNCC(=O)N(C)c1ccccc1. The maximum atomic E-state index is 11.7. The Balaban J connectivity index is 2.40. The van der Waals surface area contributed by atoms with E-state index in [4.69, 9.17) is 0 Å². The third-order valence-corrected chi connectivity index (χ3v) is 2.36. The van der Waals surface area contributed by atoms with Crippen LogP contribution in [0, 0.1) is 0 Å². The molecule has 5 heteroatoms. The second kappa shape index (κ2) is 6.65. The number of nitrogens with one attached hydrogen (secondary N) is 2. The average molecular weight is 235 g/mol. The number of likely N-dealkylation sites (N-methyl/N-ethyl adjacent to an activating group) is 2. The van der Waals surface area contributed by atoms with Crippen LogP contribution in [0.2, 0.25) is 0 Å². The van der Waals surface area contributed by atoms with E-state index >= 15 is 0 Å². The molecule has 0 aliphatic heterocycles. The molecule has 0 radical (unpaired) electrons. The Bertz CT molecular complexity index is 379. The Morgan fingerprint density at radius 3 is 2.41 bits per heavy atom. The molecule has 0 spiro atoms. The first-order chi connectivity index (χ1) is 8.15. The molecule has 92 valence electrons. The number of carbonyl (C=O) groups is 2. The van der Waals surface area contributed by atoms with Gasteiger partial charge in [0.05, 0.1) is 13.1 Å². The highest BCUT2D eigenvalue weighted by Crippen LogP contribution is 2.10. The van der Waals surface area contributed by atoms with Gasteiger partial charge in [-0.1, -0.05) is 18.2 Å². The molecule has 0 saturated carbocycles. The predicted molar refractivity (Wildman–Crippen MR) is 66.8 cm³/mol. The van der Waals surface area contributed by atoms with Crippen LogP contribution in [0.5, 0.6) is 0 Å². The van der Waals surface area contributed by atoms with Gasteiger partial charge in [0.2, 0.25) is 11.8 Å². The van der Waals surface area contributed by atoms with Gasteiger partial charge in [-0.05, 0) is 12.1 Å². The molecule has 0 unspecified atom stereocenters. The summed E-state index contributed by atoms with van der Waals surface area (Å²) in [4.78, 5) is 24.2. The minimum atomic E-state index is -0.139. The minimum absolute atomic E-state index is 0.0832. The number of amides is 2. The maximum Gasteiger partial charge on any atom is 0.240 e. The second-order valence-electron chi connectivity index (χ2n) is 3.57. The lowest BCUT2D eigenvalue weighted by Crippen LogP contribution is -2.39. The van der Waals surface area contributed by atoms with Gasteiger partial charge in [0.25, 0.3) is 0 Å². The second-order valence-corrected chi connectivity index (χ2v) is 3.57. The molecule has 5 nitrogen and oxygen atoms in total. The number of hydrogen-bond acceptors (Lipinski definition) is 3. The van der Waals surface area contributed by atoms with Gasteiger partial charge in [-0.3, -0.25) is 14.9 Å². The van der Waals surface area contributed by atoms with Crippen molar-refractivity contribution in [3.8, 4) is 0 Å². The lowest BCUT2D eigenvalue weighted by molar-refractivity contribution is -0.120. The Morgan fingerprint density at radius 2 is 1.82 bits per heavy atom. The van der Waals surface area contributed by atoms with Gasteiger partial charge in [-0.2, -0.15) is 0 Å². The summed E-state index contributed by atoms with van der Waals surface area (Å²) in [5.41, 5.74) is 0.833. The van der Waals surface area contributed by atoms with Crippen molar-refractivity contribution in [2.45, 2.75) is 0 Å². The van der Waals surface area contributed by atoms with E-state index in [1.165, 1.54) is 0 Å². The molecule has 0 aromatic heterocycles. The third kappa shape index (κ3) is 4.24. The summed E-state index contributed by atoms with van der Waals surface area (Å²) in [6.45, 7) is 0.281. The van der Waals surface area contributed by atoms with E-state index in [1.807, 2.05) is 30.3 Å². The van der Waals surface area contributed by atoms with Crippen LogP contribution in [-0.2, 0) is 9.59 Å². The molecule has 0 bridgehead atoms. The molecule has 2 amide bonds. The summed E-state index contributed by atoms with van der Waals surface area (Å²) in [6, 6.07) is 9.35. The van der Waals surface area contributed by atoms with E-state index in [9.17, 15) is 9.59 Å². The van der Waals surface area contributed by atoms with Crippen molar-refractivity contribution in [2.24, 2.45) is 0 Å². The summed E-state index contributed by atoms with van der Waals surface area (Å²) in [7, 11) is 3.27. The van der Waals surface area contributed by atoms with Gasteiger partial charge in [0, 0.05) is 19.8 Å². The molecule has 0 saturated heterocycles. The van der Waals surface area contributed by atoms with Crippen LogP contribution in [0.3, 0.4) is 0 Å². The van der Waals surface area contributed by atoms with Crippen LogP contribution in [0.4, 0.5) is 5.69 Å². The first-order valence-corrected chi connectivity index (χ1v) is 5.38. The molecular weight excluding hydrogens is 218 g/mol. The Hall–Kier alpha value is -1.88. The smallest absolute Gasteiger partial charge is 0.240 e. The van der Waals surface area contributed by atoms with Crippen molar-refractivity contribution in [2.75, 3.05) is 32.1 Å². The number of rotatable bonds is 5. The van der Waals surface area contributed by atoms with E-state index in [1.54, 1.807) is 19.0 Å². The molecule has 2 N–H and O–H groups in total. The fraction of sp³-hybridized carbons (Fsp3) is 0.333. The van der Waals surface area contributed by atoms with Crippen LogP contribution >= 0.6 is 0 Å². The molecule has 1 rings (SSSR count). The quantitative estimate of drug-likeness (QED) is 0.754. The van der Waals surface area contributed by atoms with Gasteiger partial charge in [0.1, 0.15) is 0 Å². The summed E-state index contributed by atoms with van der Waals surface area (Å²) < 4.78 is 0. The fourth-order valence-electron chi connectivity index (χ4n) is 1.29. The van der Waals surface area contributed by atoms with Crippen LogP contribution in [0.1, 0.15) is 0 Å². The van der Waals surface area contributed by atoms with E-state index in [2.05, 4.69) is 10.6 Å². The number of anilines is 1. The first-order valence-electron chi connectivity index (χ1n) is 5.38. The topological polar surface area (TPSA) is 61.4 Å². The zero-order valence-corrected chi connectivity index (χ0v) is 10.1. The van der Waals surface area contributed by atoms with Gasteiger partial charge >= 0.3 is 0 Å². The zero-order chi connectivity index (χ0) is 12.7. The normalized spacial score (nSPS) is 9.76. The number of carbonyl (C=O) groups excluding carboxylic acids is 2. The number of para-hydroxylation sites is 1. The average Bonchev–Trinajstić information content (AvgIpc) is 2.38. The lowest BCUT2D eigenvalue weighted by Gasteiger charge is -2.17. The van der Waals surface area contributed by atoms with Crippen molar-refractivity contribution in [3.63, 3.8) is 0 Å². The number of nitrogens with zero attached hydrogens (tertiary/aromatic N) is 1.